The molecule has 3 aromatic carbocycles. The summed E-state index contributed by atoms with van der Waals surface area (Å²) in [5.41, 5.74) is 1.45. The Kier molecular flexibility index (Phi) is 6.49. The summed E-state index contributed by atoms with van der Waals surface area (Å²) < 4.78 is 37.2. The first-order chi connectivity index (χ1) is 16.2. The quantitative estimate of drug-likeness (QED) is 0.553. The number of benzene rings is 3. The zero-order valence-corrected chi connectivity index (χ0v) is 19.3. The number of hydrazone groups is 1. The van der Waals surface area contributed by atoms with Gasteiger partial charge >= 0.3 is 6.03 Å². The van der Waals surface area contributed by atoms with E-state index < -0.39 is 27.2 Å². The average Bonchev–Trinajstić information content (AvgIpc) is 3.22. The maximum absolute atomic E-state index is 13.4. The highest BCUT2D eigenvalue weighted by Gasteiger charge is 2.47. The van der Waals surface area contributed by atoms with Gasteiger partial charge in [-0.25, -0.2) is 22.6 Å². The van der Waals surface area contributed by atoms with Gasteiger partial charge in [0.25, 0.3) is 0 Å². The molecule has 0 aromatic heterocycles. The molecule has 7 nitrogen and oxygen atoms in total. The highest BCUT2D eigenvalue weighted by Crippen LogP contribution is 2.42. The summed E-state index contributed by atoms with van der Waals surface area (Å²) in [5, 5.41) is 18.6. The van der Waals surface area contributed by atoms with E-state index in [4.69, 9.17) is 0 Å². The fourth-order valence-corrected chi connectivity index (χ4v) is 4.73. The van der Waals surface area contributed by atoms with Gasteiger partial charge in [0.2, 0.25) is 0 Å². The lowest BCUT2D eigenvalue weighted by atomic mass is 9.81. The zero-order chi connectivity index (χ0) is 24.3. The van der Waals surface area contributed by atoms with Crippen LogP contribution >= 0.6 is 0 Å². The van der Waals surface area contributed by atoms with Crippen molar-refractivity contribution >= 4 is 27.3 Å². The molecule has 0 saturated heterocycles. The van der Waals surface area contributed by atoms with E-state index in [1.807, 2.05) is 30.3 Å². The molecule has 4 rings (SSSR count). The molecular weight excluding hydrogens is 457 g/mol. The van der Waals surface area contributed by atoms with Crippen molar-refractivity contribution in [2.24, 2.45) is 5.10 Å². The van der Waals surface area contributed by atoms with E-state index in [1.54, 1.807) is 12.1 Å². The fourth-order valence-electron chi connectivity index (χ4n) is 4.10. The predicted octanol–water partition coefficient (Wildman–Crippen LogP) is 4.15. The Hall–Kier alpha value is -3.56. The predicted molar refractivity (Wildman–Crippen MR) is 128 cm³/mol. The standard InChI is InChI=1S/C25H24FN3O4S/c1-34(32,33)22-13-7-19(8-14-22)25(15-16-30)17-23(18-5-3-2-4-6-18)28-29(25)24(31)27-21-11-9-20(26)10-12-21/h2-14,30H,15-17H2,1H3,(H,27,31). The molecule has 34 heavy (non-hydrogen) atoms. The topological polar surface area (TPSA) is 99.1 Å². The molecule has 1 aliphatic heterocycles. The second-order valence-corrected chi connectivity index (χ2v) is 10.2. The molecule has 0 saturated carbocycles. The van der Waals surface area contributed by atoms with Gasteiger partial charge in [-0.15, -0.1) is 0 Å². The van der Waals surface area contributed by atoms with Gasteiger partial charge in [-0.2, -0.15) is 5.10 Å². The third kappa shape index (κ3) is 4.71. The van der Waals surface area contributed by atoms with E-state index in [0.29, 0.717) is 23.4 Å². The van der Waals surface area contributed by atoms with Crippen LogP contribution in [0.2, 0.25) is 0 Å². The van der Waals surface area contributed by atoms with Crippen LogP contribution in [0.25, 0.3) is 0 Å². The lowest BCUT2D eigenvalue weighted by Gasteiger charge is -2.36. The van der Waals surface area contributed by atoms with Gasteiger partial charge < -0.3 is 10.4 Å². The van der Waals surface area contributed by atoms with Crippen molar-refractivity contribution in [3.63, 3.8) is 0 Å². The Morgan fingerprint density at radius 3 is 2.29 bits per heavy atom. The molecule has 1 unspecified atom stereocenters. The lowest BCUT2D eigenvalue weighted by molar-refractivity contribution is 0.112. The number of rotatable bonds is 6. The van der Waals surface area contributed by atoms with Crippen LogP contribution in [-0.2, 0) is 15.4 Å². The number of aliphatic hydroxyl groups is 1. The first-order valence-corrected chi connectivity index (χ1v) is 12.5. The number of anilines is 1. The number of amides is 2. The molecule has 0 radical (unpaired) electrons. The molecule has 3 aromatic rings. The third-order valence-electron chi connectivity index (χ3n) is 5.83. The van der Waals surface area contributed by atoms with E-state index in [-0.39, 0.29) is 17.9 Å². The van der Waals surface area contributed by atoms with Gasteiger partial charge in [0, 0.05) is 31.4 Å². The summed E-state index contributed by atoms with van der Waals surface area (Å²) in [5.74, 6) is -0.427. The van der Waals surface area contributed by atoms with Crippen LogP contribution in [0, 0.1) is 5.82 Å². The second kappa shape index (κ2) is 9.36. The smallest absolute Gasteiger partial charge is 0.343 e. The van der Waals surface area contributed by atoms with Crippen molar-refractivity contribution < 1.29 is 22.7 Å². The molecule has 0 aliphatic carbocycles. The van der Waals surface area contributed by atoms with E-state index >= 15 is 0 Å². The number of halogens is 1. The number of hydrogen-bond donors (Lipinski definition) is 2. The summed E-state index contributed by atoms with van der Waals surface area (Å²) in [6.07, 6.45) is 1.61. The minimum atomic E-state index is -3.40. The Bertz CT molecular complexity index is 1310. The molecule has 0 spiro atoms. The molecule has 176 valence electrons. The molecule has 0 fully saturated rings. The van der Waals surface area contributed by atoms with Crippen molar-refractivity contribution in [1.29, 1.82) is 0 Å². The SMILES string of the molecule is CS(=O)(=O)c1ccc(C2(CCO)CC(c3ccccc3)=NN2C(=O)Nc2ccc(F)cc2)cc1. The highest BCUT2D eigenvalue weighted by molar-refractivity contribution is 7.90. The third-order valence-corrected chi connectivity index (χ3v) is 6.95. The Morgan fingerprint density at radius 2 is 1.71 bits per heavy atom. The maximum atomic E-state index is 13.4. The van der Waals surface area contributed by atoms with Crippen molar-refractivity contribution in [3.05, 3.63) is 95.8 Å². The molecule has 2 amide bonds. The van der Waals surface area contributed by atoms with Crippen LogP contribution in [0.5, 0.6) is 0 Å². The van der Waals surface area contributed by atoms with Crippen molar-refractivity contribution in [1.82, 2.24) is 5.01 Å². The Balaban J connectivity index is 1.78. The van der Waals surface area contributed by atoms with Crippen LogP contribution in [0.3, 0.4) is 0 Å². The molecular formula is C25H24FN3O4S. The summed E-state index contributed by atoms with van der Waals surface area (Å²) in [7, 11) is -3.40. The van der Waals surface area contributed by atoms with Gasteiger partial charge in [-0.1, -0.05) is 42.5 Å². The van der Waals surface area contributed by atoms with Gasteiger partial charge in [0.05, 0.1) is 10.6 Å². The summed E-state index contributed by atoms with van der Waals surface area (Å²) in [6, 6.07) is 20.5. The number of urea groups is 1. The minimum Gasteiger partial charge on any atom is -0.396 e. The van der Waals surface area contributed by atoms with Gasteiger partial charge in [0.1, 0.15) is 11.4 Å². The summed E-state index contributed by atoms with van der Waals surface area (Å²) in [6.45, 7) is -0.230. The van der Waals surface area contributed by atoms with E-state index in [0.717, 1.165) is 11.8 Å². The van der Waals surface area contributed by atoms with Crippen molar-refractivity contribution in [3.8, 4) is 0 Å². The van der Waals surface area contributed by atoms with Crippen LogP contribution in [0.1, 0.15) is 24.0 Å². The average molecular weight is 482 g/mol. The summed E-state index contributed by atoms with van der Waals surface area (Å²) in [4.78, 5) is 13.6. The lowest BCUT2D eigenvalue weighted by Crippen LogP contribution is -2.46. The number of hydrogen-bond acceptors (Lipinski definition) is 5. The Morgan fingerprint density at radius 1 is 1.06 bits per heavy atom. The molecule has 9 heteroatoms. The maximum Gasteiger partial charge on any atom is 0.343 e. The van der Waals surface area contributed by atoms with Crippen molar-refractivity contribution in [2.45, 2.75) is 23.3 Å². The zero-order valence-electron chi connectivity index (χ0n) is 18.5. The van der Waals surface area contributed by atoms with Gasteiger partial charge in [-0.3, -0.25) is 0 Å². The number of nitrogens with one attached hydrogen (secondary N) is 1. The van der Waals surface area contributed by atoms with E-state index in [9.17, 15) is 22.7 Å². The van der Waals surface area contributed by atoms with Crippen LogP contribution < -0.4 is 5.32 Å². The monoisotopic (exact) mass is 481 g/mol. The fraction of sp³-hybridized carbons (Fsp3) is 0.200. The first kappa shape index (κ1) is 23.6. The largest absolute Gasteiger partial charge is 0.396 e. The van der Waals surface area contributed by atoms with Crippen LogP contribution in [-0.4, -0.2) is 43.1 Å². The molecule has 1 atom stereocenters. The Labute approximate surface area is 197 Å². The molecule has 1 aliphatic rings. The minimum absolute atomic E-state index is 0.153. The van der Waals surface area contributed by atoms with Crippen LogP contribution in [0.4, 0.5) is 14.9 Å². The number of sulfone groups is 1. The normalized spacial score (nSPS) is 18.0. The number of aliphatic hydroxyl groups excluding tert-OH is 1. The van der Waals surface area contributed by atoms with E-state index in [2.05, 4.69) is 10.4 Å². The molecule has 1 heterocycles. The molecule has 2 N–H and O–H groups in total. The van der Waals surface area contributed by atoms with Crippen LogP contribution in [0.15, 0.2) is 88.9 Å². The van der Waals surface area contributed by atoms with Gasteiger partial charge in [0.15, 0.2) is 9.84 Å². The van der Waals surface area contributed by atoms with Gasteiger partial charge in [-0.05, 0) is 47.5 Å². The second-order valence-electron chi connectivity index (χ2n) is 8.14. The molecule has 0 bridgehead atoms. The number of carbonyl (C=O) groups excluding carboxylic acids is 1. The number of carbonyl (C=O) groups is 1. The van der Waals surface area contributed by atoms with E-state index in [1.165, 1.54) is 41.4 Å². The first-order valence-electron chi connectivity index (χ1n) is 10.6. The van der Waals surface area contributed by atoms with Crippen molar-refractivity contribution in [2.75, 3.05) is 18.2 Å². The number of nitrogens with zero attached hydrogens (tertiary/aromatic N) is 2. The summed E-state index contributed by atoms with van der Waals surface area (Å²) >= 11 is 0. The highest BCUT2D eigenvalue weighted by atomic mass is 32.2.